The lowest BCUT2D eigenvalue weighted by Gasteiger charge is -2.00. The number of pyridine rings is 1. The highest BCUT2D eigenvalue weighted by Crippen LogP contribution is 2.39. The molecule has 12 heteroatoms. The van der Waals surface area contributed by atoms with E-state index in [0.29, 0.717) is 22.2 Å². The number of aromatic nitrogens is 7. The molecule has 4 N–H and O–H groups in total. The number of aromatic hydroxyl groups is 1. The molecule has 0 saturated heterocycles. The second kappa shape index (κ2) is 5.21. The van der Waals surface area contributed by atoms with Gasteiger partial charge in [-0.25, -0.2) is 9.97 Å². The van der Waals surface area contributed by atoms with Crippen molar-refractivity contribution in [3.63, 3.8) is 0 Å². The van der Waals surface area contributed by atoms with Crippen molar-refractivity contribution in [2.75, 3.05) is 0 Å². The first-order chi connectivity index (χ1) is 11.8. The van der Waals surface area contributed by atoms with E-state index in [0.717, 1.165) is 0 Å². The van der Waals surface area contributed by atoms with Gasteiger partial charge in [-0.05, 0) is 6.07 Å². The highest BCUT2D eigenvalue weighted by molar-refractivity contribution is 6.32. The number of rotatable bonds is 2. The molecule has 0 aliphatic rings. The van der Waals surface area contributed by atoms with Crippen molar-refractivity contribution in [1.82, 2.24) is 35.3 Å². The van der Waals surface area contributed by atoms with Crippen LogP contribution in [0.15, 0.2) is 18.5 Å². The van der Waals surface area contributed by atoms with Crippen LogP contribution in [0.2, 0.25) is 5.02 Å². The summed E-state index contributed by atoms with van der Waals surface area (Å²) in [5, 5.41) is 21.6. The molecule has 0 aliphatic carbocycles. The van der Waals surface area contributed by atoms with Gasteiger partial charge in [0.15, 0.2) is 5.82 Å². The summed E-state index contributed by atoms with van der Waals surface area (Å²) in [4.78, 5) is 10.4. The normalized spacial score (nSPS) is 12.2. The number of nitrogens with zero attached hydrogens (tertiary/aromatic N) is 4. The summed E-state index contributed by atoms with van der Waals surface area (Å²) in [5.41, 5.74) is 1.82. The average molecular weight is 370 g/mol. The molecule has 4 heterocycles. The SMILES string of the molecule is Oc1nc2c(-c3cn[nH]c3)c(-c3nc(C(F)(F)F)n[nH]3)[nH]c2cc1Cl. The number of hydrogen-bond acceptors (Lipinski definition) is 5. The Morgan fingerprint density at radius 1 is 1.20 bits per heavy atom. The molecule has 4 aromatic heterocycles. The summed E-state index contributed by atoms with van der Waals surface area (Å²) in [6, 6.07) is 1.41. The van der Waals surface area contributed by atoms with Crippen LogP contribution >= 0.6 is 11.6 Å². The molecule has 4 rings (SSSR count). The van der Waals surface area contributed by atoms with Crippen LogP contribution in [0.1, 0.15) is 5.82 Å². The Kier molecular flexibility index (Phi) is 3.22. The van der Waals surface area contributed by atoms with Crippen LogP contribution in [-0.4, -0.2) is 40.5 Å². The van der Waals surface area contributed by atoms with Gasteiger partial charge in [0.2, 0.25) is 5.88 Å². The summed E-state index contributed by atoms with van der Waals surface area (Å²) < 4.78 is 38.3. The lowest BCUT2D eigenvalue weighted by Crippen LogP contribution is -2.07. The van der Waals surface area contributed by atoms with Crippen LogP contribution in [0.3, 0.4) is 0 Å². The van der Waals surface area contributed by atoms with Crippen LogP contribution in [-0.2, 0) is 6.18 Å². The van der Waals surface area contributed by atoms with Gasteiger partial charge in [-0.2, -0.15) is 18.3 Å². The fraction of sp³-hybridized carbons (Fsp3) is 0.0769. The van der Waals surface area contributed by atoms with Gasteiger partial charge in [0, 0.05) is 17.3 Å². The Balaban J connectivity index is 2.00. The van der Waals surface area contributed by atoms with E-state index >= 15 is 0 Å². The van der Waals surface area contributed by atoms with Crippen molar-refractivity contribution < 1.29 is 18.3 Å². The highest BCUT2D eigenvalue weighted by atomic mass is 35.5. The van der Waals surface area contributed by atoms with Crippen LogP contribution < -0.4 is 0 Å². The van der Waals surface area contributed by atoms with Crippen LogP contribution in [0, 0.1) is 0 Å². The molecule has 0 aromatic carbocycles. The Morgan fingerprint density at radius 3 is 2.64 bits per heavy atom. The zero-order valence-corrected chi connectivity index (χ0v) is 12.7. The quantitative estimate of drug-likeness (QED) is 0.433. The molecule has 0 spiro atoms. The molecule has 0 radical (unpaired) electrons. The van der Waals surface area contributed by atoms with E-state index in [1.54, 1.807) is 0 Å². The first-order valence-electron chi connectivity index (χ1n) is 6.75. The van der Waals surface area contributed by atoms with Crippen molar-refractivity contribution in [3.05, 3.63) is 29.3 Å². The standard InChI is InChI=1S/C13H7ClF3N7O/c14-5-1-6-8(21-11(5)25)7(4-2-18-19-3-4)9(20-6)10-22-12(24-23-10)13(15,16)17/h1-3,20H,(H,18,19)(H,21,25)(H,22,23,24). The molecule has 0 saturated carbocycles. The first kappa shape index (κ1) is 15.4. The number of H-pyrrole nitrogens is 3. The van der Waals surface area contributed by atoms with Gasteiger partial charge < -0.3 is 10.1 Å². The highest BCUT2D eigenvalue weighted by Gasteiger charge is 2.36. The van der Waals surface area contributed by atoms with Crippen LogP contribution in [0.5, 0.6) is 5.88 Å². The van der Waals surface area contributed by atoms with Gasteiger partial charge >= 0.3 is 6.18 Å². The zero-order valence-electron chi connectivity index (χ0n) is 12.0. The second-order valence-corrected chi connectivity index (χ2v) is 5.46. The monoisotopic (exact) mass is 369 g/mol. The molecular formula is C13H7ClF3N7O. The minimum absolute atomic E-state index is 0.00686. The van der Waals surface area contributed by atoms with E-state index in [9.17, 15) is 18.3 Å². The fourth-order valence-electron chi connectivity index (χ4n) is 2.43. The summed E-state index contributed by atoms with van der Waals surface area (Å²) in [6.45, 7) is 0. The van der Waals surface area contributed by atoms with E-state index < -0.39 is 17.9 Å². The topological polar surface area (TPSA) is 119 Å². The maximum absolute atomic E-state index is 12.8. The van der Waals surface area contributed by atoms with E-state index in [1.165, 1.54) is 18.5 Å². The average Bonchev–Trinajstić information content (AvgIpc) is 3.25. The Morgan fingerprint density at radius 2 is 2.00 bits per heavy atom. The number of halogens is 4. The first-order valence-corrected chi connectivity index (χ1v) is 7.12. The molecule has 0 unspecified atom stereocenters. The lowest BCUT2D eigenvalue weighted by atomic mass is 10.1. The van der Waals surface area contributed by atoms with E-state index in [-0.39, 0.29) is 16.5 Å². The molecule has 8 nitrogen and oxygen atoms in total. The maximum atomic E-state index is 12.8. The number of nitrogens with one attached hydrogen (secondary N) is 3. The fourth-order valence-corrected chi connectivity index (χ4v) is 2.58. The second-order valence-electron chi connectivity index (χ2n) is 5.06. The summed E-state index contributed by atoms with van der Waals surface area (Å²) in [6.07, 6.45) is -1.70. The van der Waals surface area contributed by atoms with Crippen LogP contribution in [0.25, 0.3) is 33.7 Å². The molecule has 128 valence electrons. The van der Waals surface area contributed by atoms with Gasteiger partial charge in [0.05, 0.1) is 17.4 Å². The molecule has 0 fully saturated rings. The predicted octanol–water partition coefficient (Wildman–Crippen LogP) is 3.12. The largest absolute Gasteiger partial charge is 0.492 e. The zero-order chi connectivity index (χ0) is 17.8. The van der Waals surface area contributed by atoms with Gasteiger partial charge in [0.25, 0.3) is 5.82 Å². The summed E-state index contributed by atoms with van der Waals surface area (Å²) in [7, 11) is 0. The number of hydrogen-bond donors (Lipinski definition) is 4. The smallest absolute Gasteiger partial charge is 0.453 e. The Bertz CT molecular complexity index is 1070. The van der Waals surface area contributed by atoms with Crippen molar-refractivity contribution in [1.29, 1.82) is 0 Å². The van der Waals surface area contributed by atoms with Crippen molar-refractivity contribution in [2.24, 2.45) is 0 Å². The Labute approximate surface area is 141 Å². The third-order valence-electron chi connectivity index (χ3n) is 3.47. The third-order valence-corrected chi connectivity index (χ3v) is 3.74. The summed E-state index contributed by atoms with van der Waals surface area (Å²) >= 11 is 5.85. The lowest BCUT2D eigenvalue weighted by molar-refractivity contribution is -0.144. The molecule has 0 bridgehead atoms. The van der Waals surface area contributed by atoms with Gasteiger partial charge in [-0.1, -0.05) is 11.6 Å². The van der Waals surface area contributed by atoms with E-state index in [1.807, 2.05) is 0 Å². The molecule has 0 aliphatic heterocycles. The molecular weight excluding hydrogens is 363 g/mol. The van der Waals surface area contributed by atoms with Gasteiger partial charge in [-0.15, -0.1) is 5.10 Å². The van der Waals surface area contributed by atoms with Gasteiger partial charge in [0.1, 0.15) is 10.5 Å². The number of alkyl halides is 3. The van der Waals surface area contributed by atoms with Crippen molar-refractivity contribution in [2.45, 2.75) is 6.18 Å². The number of aromatic amines is 3. The third kappa shape index (κ3) is 2.48. The minimum Gasteiger partial charge on any atom is -0.492 e. The maximum Gasteiger partial charge on any atom is 0.453 e. The van der Waals surface area contributed by atoms with E-state index in [2.05, 4.69) is 35.3 Å². The van der Waals surface area contributed by atoms with Crippen molar-refractivity contribution in [3.8, 4) is 28.5 Å². The number of fused-ring (bicyclic) bond motifs is 1. The molecule has 4 aromatic rings. The minimum atomic E-state index is -4.68. The molecule has 0 amide bonds. The van der Waals surface area contributed by atoms with Gasteiger partial charge in [-0.3, -0.25) is 10.2 Å². The predicted molar refractivity (Wildman–Crippen MR) is 80.7 cm³/mol. The van der Waals surface area contributed by atoms with Crippen molar-refractivity contribution >= 4 is 22.6 Å². The van der Waals surface area contributed by atoms with E-state index in [4.69, 9.17) is 11.6 Å². The Hall–Kier alpha value is -3.08. The molecule has 25 heavy (non-hydrogen) atoms. The summed E-state index contributed by atoms with van der Waals surface area (Å²) in [5.74, 6) is -1.84. The van der Waals surface area contributed by atoms with Crippen LogP contribution in [0.4, 0.5) is 13.2 Å². The molecule has 0 atom stereocenters.